The average Bonchev–Trinajstić information content (AvgIpc) is 2.88. The number of hydrogen-bond acceptors (Lipinski definition) is 5. The van der Waals surface area contributed by atoms with E-state index in [1.54, 1.807) is 0 Å². The van der Waals surface area contributed by atoms with E-state index in [1.807, 2.05) is 37.3 Å². The Labute approximate surface area is 106 Å². The number of nitrogens with two attached hydrogens (primary N) is 1. The highest BCUT2D eigenvalue weighted by Crippen LogP contribution is 2.13. The molecule has 0 aliphatic carbocycles. The summed E-state index contributed by atoms with van der Waals surface area (Å²) in [6.07, 6.45) is 1.36. The van der Waals surface area contributed by atoms with Crippen LogP contribution < -0.4 is 10.5 Å². The maximum atomic E-state index is 5.80. The number of hydrogen-bond donors (Lipinski definition) is 1. The molecule has 1 aromatic carbocycles. The summed E-state index contributed by atoms with van der Waals surface area (Å²) < 4.78 is 11.0. The quantitative estimate of drug-likeness (QED) is 0.846. The lowest BCUT2D eigenvalue weighted by atomic mass is 10.2. The lowest BCUT2D eigenvalue weighted by Crippen LogP contribution is -2.08. The topological polar surface area (TPSA) is 74.2 Å². The molecular weight excluding hydrogens is 230 g/mol. The molecular formula is C13H17N3O2. The molecule has 2 aromatic rings. The van der Waals surface area contributed by atoms with E-state index in [9.17, 15) is 0 Å². The molecule has 1 heterocycles. The number of benzene rings is 1. The third-order valence-corrected chi connectivity index (χ3v) is 2.57. The van der Waals surface area contributed by atoms with Crippen LogP contribution in [0.1, 0.15) is 31.2 Å². The molecule has 0 aliphatic heterocycles. The van der Waals surface area contributed by atoms with Crippen molar-refractivity contribution in [3.63, 3.8) is 0 Å². The molecule has 2 N–H and O–H groups in total. The SMILES string of the molecule is CCC(N)c1nnc(CCOc2ccccc2)o1. The first-order valence-corrected chi connectivity index (χ1v) is 6.05. The first-order chi connectivity index (χ1) is 8.79. The minimum absolute atomic E-state index is 0.179. The number of ether oxygens (including phenoxy) is 1. The molecule has 96 valence electrons. The Kier molecular flexibility index (Phi) is 4.30. The highest BCUT2D eigenvalue weighted by Gasteiger charge is 2.12. The second kappa shape index (κ2) is 6.16. The van der Waals surface area contributed by atoms with E-state index in [0.29, 0.717) is 24.8 Å². The van der Waals surface area contributed by atoms with Crippen LogP contribution in [0.4, 0.5) is 0 Å². The summed E-state index contributed by atoms with van der Waals surface area (Å²) in [5, 5.41) is 7.86. The van der Waals surface area contributed by atoms with Gasteiger partial charge in [0.1, 0.15) is 5.75 Å². The zero-order chi connectivity index (χ0) is 12.8. The fourth-order valence-corrected chi connectivity index (χ4v) is 1.46. The average molecular weight is 247 g/mol. The maximum absolute atomic E-state index is 5.80. The third-order valence-electron chi connectivity index (χ3n) is 2.57. The predicted molar refractivity (Wildman–Crippen MR) is 67.2 cm³/mol. The molecule has 2 rings (SSSR count). The van der Waals surface area contributed by atoms with Crippen LogP contribution in [0.5, 0.6) is 5.75 Å². The van der Waals surface area contributed by atoms with Gasteiger partial charge in [0, 0.05) is 0 Å². The zero-order valence-corrected chi connectivity index (χ0v) is 10.4. The Balaban J connectivity index is 1.82. The molecule has 1 unspecified atom stereocenters. The van der Waals surface area contributed by atoms with Crippen molar-refractivity contribution in [3.05, 3.63) is 42.1 Å². The summed E-state index contributed by atoms with van der Waals surface area (Å²) in [5.41, 5.74) is 5.80. The van der Waals surface area contributed by atoms with Gasteiger partial charge in [0.05, 0.1) is 19.1 Å². The fourth-order valence-electron chi connectivity index (χ4n) is 1.46. The molecule has 0 saturated heterocycles. The number of aromatic nitrogens is 2. The Hall–Kier alpha value is -1.88. The summed E-state index contributed by atoms with van der Waals surface area (Å²) in [6.45, 7) is 2.49. The molecule has 5 heteroatoms. The predicted octanol–water partition coefficient (Wildman–Crippen LogP) is 2.10. The molecule has 0 bridgehead atoms. The molecule has 0 radical (unpaired) electrons. The van der Waals surface area contributed by atoms with Gasteiger partial charge in [0.25, 0.3) is 0 Å². The molecule has 0 aliphatic rings. The Morgan fingerprint density at radius 2 is 2.06 bits per heavy atom. The number of nitrogens with zero attached hydrogens (tertiary/aromatic N) is 2. The van der Waals surface area contributed by atoms with E-state index < -0.39 is 0 Å². The molecule has 0 spiro atoms. The molecule has 1 aromatic heterocycles. The van der Waals surface area contributed by atoms with E-state index in [2.05, 4.69) is 10.2 Å². The standard InChI is InChI=1S/C13H17N3O2/c1-2-11(14)13-16-15-12(18-13)8-9-17-10-6-4-3-5-7-10/h3-7,11H,2,8-9,14H2,1H3. The van der Waals surface area contributed by atoms with Crippen LogP contribution >= 0.6 is 0 Å². The van der Waals surface area contributed by atoms with Gasteiger partial charge in [-0.1, -0.05) is 25.1 Å². The zero-order valence-electron chi connectivity index (χ0n) is 10.4. The van der Waals surface area contributed by atoms with Crippen molar-refractivity contribution in [1.82, 2.24) is 10.2 Å². The summed E-state index contributed by atoms with van der Waals surface area (Å²) in [6, 6.07) is 9.45. The van der Waals surface area contributed by atoms with Crippen molar-refractivity contribution >= 4 is 0 Å². The normalized spacial score (nSPS) is 12.3. The molecule has 0 fully saturated rings. The van der Waals surface area contributed by atoms with Gasteiger partial charge < -0.3 is 14.9 Å². The van der Waals surface area contributed by atoms with Crippen molar-refractivity contribution in [2.75, 3.05) is 6.61 Å². The summed E-state index contributed by atoms with van der Waals surface area (Å²) in [7, 11) is 0. The van der Waals surface area contributed by atoms with E-state index in [1.165, 1.54) is 0 Å². The monoisotopic (exact) mass is 247 g/mol. The van der Waals surface area contributed by atoms with Crippen LogP contribution in [0.3, 0.4) is 0 Å². The first kappa shape index (κ1) is 12.6. The number of rotatable bonds is 6. The molecule has 5 nitrogen and oxygen atoms in total. The molecule has 18 heavy (non-hydrogen) atoms. The third kappa shape index (κ3) is 3.30. The van der Waals surface area contributed by atoms with E-state index >= 15 is 0 Å². The second-order valence-corrected chi connectivity index (χ2v) is 3.96. The van der Waals surface area contributed by atoms with Gasteiger partial charge in [-0.3, -0.25) is 0 Å². The van der Waals surface area contributed by atoms with Crippen LogP contribution in [0.15, 0.2) is 34.7 Å². The highest BCUT2D eigenvalue weighted by molar-refractivity contribution is 5.20. The Morgan fingerprint density at radius 3 is 2.78 bits per heavy atom. The van der Waals surface area contributed by atoms with Gasteiger partial charge >= 0.3 is 0 Å². The van der Waals surface area contributed by atoms with Crippen molar-refractivity contribution in [2.24, 2.45) is 5.73 Å². The Bertz CT molecular complexity index is 470. The minimum atomic E-state index is -0.179. The lowest BCUT2D eigenvalue weighted by Gasteiger charge is -2.03. The van der Waals surface area contributed by atoms with Crippen molar-refractivity contribution in [2.45, 2.75) is 25.8 Å². The van der Waals surface area contributed by atoms with Crippen molar-refractivity contribution in [1.29, 1.82) is 0 Å². The van der Waals surface area contributed by atoms with Crippen LogP contribution in [-0.4, -0.2) is 16.8 Å². The van der Waals surface area contributed by atoms with Crippen LogP contribution in [-0.2, 0) is 6.42 Å². The van der Waals surface area contributed by atoms with Crippen LogP contribution in [0.2, 0.25) is 0 Å². The van der Waals surface area contributed by atoms with Gasteiger partial charge in [0.15, 0.2) is 0 Å². The molecule has 0 amide bonds. The first-order valence-electron chi connectivity index (χ1n) is 6.05. The summed E-state index contributed by atoms with van der Waals surface area (Å²) in [5.74, 6) is 1.89. The van der Waals surface area contributed by atoms with Gasteiger partial charge in [-0.05, 0) is 18.6 Å². The largest absolute Gasteiger partial charge is 0.493 e. The van der Waals surface area contributed by atoms with Gasteiger partial charge in [-0.25, -0.2) is 0 Å². The van der Waals surface area contributed by atoms with Crippen LogP contribution in [0.25, 0.3) is 0 Å². The molecule has 0 saturated carbocycles. The number of para-hydroxylation sites is 1. The van der Waals surface area contributed by atoms with Crippen molar-refractivity contribution < 1.29 is 9.15 Å². The minimum Gasteiger partial charge on any atom is -0.493 e. The van der Waals surface area contributed by atoms with E-state index in [0.717, 1.165) is 12.2 Å². The van der Waals surface area contributed by atoms with E-state index in [4.69, 9.17) is 14.9 Å². The smallest absolute Gasteiger partial charge is 0.233 e. The van der Waals surface area contributed by atoms with Crippen molar-refractivity contribution in [3.8, 4) is 5.75 Å². The van der Waals surface area contributed by atoms with Gasteiger partial charge in [-0.2, -0.15) is 0 Å². The summed E-state index contributed by atoms with van der Waals surface area (Å²) in [4.78, 5) is 0. The maximum Gasteiger partial charge on any atom is 0.233 e. The Morgan fingerprint density at radius 1 is 1.28 bits per heavy atom. The lowest BCUT2D eigenvalue weighted by molar-refractivity contribution is 0.301. The fraction of sp³-hybridized carbons (Fsp3) is 0.385. The molecule has 1 atom stereocenters. The van der Waals surface area contributed by atoms with Gasteiger partial charge in [-0.15, -0.1) is 10.2 Å². The van der Waals surface area contributed by atoms with Gasteiger partial charge in [0.2, 0.25) is 11.8 Å². The van der Waals surface area contributed by atoms with E-state index in [-0.39, 0.29) is 6.04 Å². The second-order valence-electron chi connectivity index (χ2n) is 3.96. The highest BCUT2D eigenvalue weighted by atomic mass is 16.5. The summed E-state index contributed by atoms with van der Waals surface area (Å²) >= 11 is 0. The van der Waals surface area contributed by atoms with Crippen LogP contribution in [0, 0.1) is 0 Å².